The van der Waals surface area contributed by atoms with E-state index in [4.69, 9.17) is 4.74 Å². The zero-order chi connectivity index (χ0) is 18.5. The molecule has 1 saturated carbocycles. The molecule has 0 bridgehead atoms. The Kier molecular flexibility index (Phi) is 5.61. The van der Waals surface area contributed by atoms with Crippen LogP contribution in [0.4, 0.5) is 0 Å². The quantitative estimate of drug-likeness (QED) is 0.786. The van der Waals surface area contributed by atoms with Gasteiger partial charge >= 0.3 is 5.97 Å². The normalized spacial score (nSPS) is 17.0. The molecule has 2 aromatic rings. The fourth-order valence-electron chi connectivity index (χ4n) is 3.54. The number of phenolic OH excluding ortho intramolecular Hbond substituents is 2. The number of hydrogen-bond acceptors (Lipinski definition) is 4. The van der Waals surface area contributed by atoms with E-state index in [0.29, 0.717) is 6.61 Å². The molecule has 0 aromatic heterocycles. The van der Waals surface area contributed by atoms with Crippen LogP contribution in [-0.4, -0.2) is 22.8 Å². The predicted octanol–water partition coefficient (Wildman–Crippen LogP) is 4.65. The molecule has 0 unspecified atom stereocenters. The summed E-state index contributed by atoms with van der Waals surface area (Å²) in [6.07, 6.45) is 3.24. The van der Waals surface area contributed by atoms with Crippen molar-refractivity contribution in [2.45, 2.75) is 32.6 Å². The largest absolute Gasteiger partial charge is 0.508 e. The van der Waals surface area contributed by atoms with Gasteiger partial charge in [0.1, 0.15) is 11.5 Å². The van der Waals surface area contributed by atoms with Crippen LogP contribution in [0.15, 0.2) is 54.1 Å². The van der Waals surface area contributed by atoms with Gasteiger partial charge in [0.05, 0.1) is 12.5 Å². The fraction of sp³-hybridized carbons (Fsp3) is 0.318. The van der Waals surface area contributed by atoms with Gasteiger partial charge in [-0.3, -0.25) is 4.79 Å². The highest BCUT2D eigenvalue weighted by molar-refractivity contribution is 5.83. The van der Waals surface area contributed by atoms with E-state index in [2.05, 4.69) is 0 Å². The smallest absolute Gasteiger partial charge is 0.308 e. The van der Waals surface area contributed by atoms with Crippen molar-refractivity contribution in [1.82, 2.24) is 0 Å². The molecule has 1 aliphatic rings. The van der Waals surface area contributed by atoms with Crippen LogP contribution < -0.4 is 0 Å². The van der Waals surface area contributed by atoms with Crippen molar-refractivity contribution in [1.29, 1.82) is 0 Å². The van der Waals surface area contributed by atoms with Gasteiger partial charge in [-0.2, -0.15) is 0 Å². The van der Waals surface area contributed by atoms with Crippen LogP contribution in [0.5, 0.6) is 11.5 Å². The minimum atomic E-state index is -0.0950. The number of carbonyl (C=O) groups excluding carboxylic acids is 1. The molecule has 0 atom stereocenters. The summed E-state index contributed by atoms with van der Waals surface area (Å²) in [4.78, 5) is 12.0. The molecule has 0 spiro atoms. The second-order valence-corrected chi connectivity index (χ2v) is 6.60. The highest BCUT2D eigenvalue weighted by Crippen LogP contribution is 2.38. The molecule has 4 heteroatoms. The highest BCUT2D eigenvalue weighted by atomic mass is 16.5. The van der Waals surface area contributed by atoms with E-state index < -0.39 is 0 Å². The molecule has 2 N–H and O–H groups in total. The first-order valence-corrected chi connectivity index (χ1v) is 9.06. The van der Waals surface area contributed by atoms with Crippen molar-refractivity contribution < 1.29 is 19.7 Å². The summed E-state index contributed by atoms with van der Waals surface area (Å²) < 4.78 is 5.16. The third-order valence-corrected chi connectivity index (χ3v) is 4.87. The summed E-state index contributed by atoms with van der Waals surface area (Å²) in [6.45, 7) is 2.25. The van der Waals surface area contributed by atoms with Crippen LogP contribution >= 0.6 is 0 Å². The topological polar surface area (TPSA) is 66.8 Å². The van der Waals surface area contributed by atoms with Crippen molar-refractivity contribution in [2.24, 2.45) is 5.92 Å². The van der Waals surface area contributed by atoms with Crippen LogP contribution in [0.2, 0.25) is 0 Å². The first kappa shape index (κ1) is 18.1. The zero-order valence-corrected chi connectivity index (χ0v) is 14.9. The highest BCUT2D eigenvalue weighted by Gasteiger charge is 2.26. The average Bonchev–Trinajstić information content (AvgIpc) is 2.66. The number of benzene rings is 2. The number of hydrogen-bond donors (Lipinski definition) is 2. The minimum absolute atomic E-state index is 0.0282. The number of allylic oxidation sites excluding steroid dienone is 1. The van der Waals surface area contributed by atoms with Gasteiger partial charge in [0, 0.05) is 0 Å². The molecule has 4 nitrogen and oxygen atoms in total. The van der Waals surface area contributed by atoms with Gasteiger partial charge in [-0.1, -0.05) is 29.8 Å². The average molecular weight is 352 g/mol. The Morgan fingerprint density at radius 1 is 0.923 bits per heavy atom. The first-order valence-electron chi connectivity index (χ1n) is 9.06. The van der Waals surface area contributed by atoms with Crippen LogP contribution in [0, 0.1) is 5.92 Å². The van der Waals surface area contributed by atoms with Gasteiger partial charge in [-0.05, 0) is 73.6 Å². The Bertz CT molecular complexity index is 730. The summed E-state index contributed by atoms with van der Waals surface area (Å²) in [5, 5.41) is 19.2. The molecule has 1 fully saturated rings. The van der Waals surface area contributed by atoms with E-state index in [1.54, 1.807) is 24.3 Å². The molecule has 26 heavy (non-hydrogen) atoms. The lowest BCUT2D eigenvalue weighted by molar-refractivity contribution is -0.148. The fourth-order valence-corrected chi connectivity index (χ4v) is 3.54. The summed E-state index contributed by atoms with van der Waals surface area (Å²) in [5.74, 6) is 0.339. The van der Waals surface area contributed by atoms with E-state index in [0.717, 1.165) is 42.4 Å². The molecular weight excluding hydrogens is 328 g/mol. The van der Waals surface area contributed by atoms with Crippen molar-refractivity contribution in [2.75, 3.05) is 6.61 Å². The molecular formula is C22H24O4. The second-order valence-electron chi connectivity index (χ2n) is 6.60. The molecule has 0 heterocycles. The summed E-state index contributed by atoms with van der Waals surface area (Å²) >= 11 is 0. The van der Waals surface area contributed by atoms with Crippen LogP contribution in [-0.2, 0) is 9.53 Å². The lowest BCUT2D eigenvalue weighted by atomic mass is 9.80. The van der Waals surface area contributed by atoms with Gasteiger partial charge in [0.2, 0.25) is 0 Å². The number of carbonyl (C=O) groups is 1. The maximum absolute atomic E-state index is 12.0. The van der Waals surface area contributed by atoms with E-state index in [9.17, 15) is 15.0 Å². The summed E-state index contributed by atoms with van der Waals surface area (Å²) in [5.41, 5.74) is 4.46. The van der Waals surface area contributed by atoms with Crippen molar-refractivity contribution in [3.8, 4) is 11.5 Å². The SMILES string of the molecule is CCOC(=O)C1CCC(=C(c2ccc(O)cc2)c2ccc(O)cc2)CC1. The monoisotopic (exact) mass is 352 g/mol. The standard InChI is InChI=1S/C22H24O4/c1-2-26-22(25)18-5-3-15(4-6-18)21(16-7-11-19(23)12-8-16)17-9-13-20(24)14-10-17/h7-14,18,23-24H,2-6H2,1H3. The van der Waals surface area contributed by atoms with Gasteiger partial charge in [0.25, 0.3) is 0 Å². The van der Waals surface area contributed by atoms with Crippen LogP contribution in [0.25, 0.3) is 5.57 Å². The molecule has 0 amide bonds. The Morgan fingerprint density at radius 2 is 1.38 bits per heavy atom. The van der Waals surface area contributed by atoms with Crippen molar-refractivity contribution >= 4 is 11.5 Å². The van der Waals surface area contributed by atoms with Gasteiger partial charge in [-0.15, -0.1) is 0 Å². The Labute approximate surface area is 153 Å². The molecule has 0 aliphatic heterocycles. The van der Waals surface area contributed by atoms with E-state index in [-0.39, 0.29) is 23.4 Å². The van der Waals surface area contributed by atoms with Crippen molar-refractivity contribution in [3.05, 3.63) is 65.2 Å². The minimum Gasteiger partial charge on any atom is -0.508 e. The van der Waals surface area contributed by atoms with Gasteiger partial charge in [0.15, 0.2) is 0 Å². The lowest BCUT2D eigenvalue weighted by Gasteiger charge is -2.25. The van der Waals surface area contributed by atoms with E-state index in [1.165, 1.54) is 5.57 Å². The Hall–Kier alpha value is -2.75. The summed E-state index contributed by atoms with van der Waals surface area (Å²) in [7, 11) is 0. The third-order valence-electron chi connectivity index (χ3n) is 4.87. The molecule has 1 aliphatic carbocycles. The number of ether oxygens (including phenoxy) is 1. The Balaban J connectivity index is 1.93. The predicted molar refractivity (Wildman–Crippen MR) is 101 cm³/mol. The molecule has 136 valence electrons. The number of rotatable bonds is 4. The zero-order valence-electron chi connectivity index (χ0n) is 14.9. The second kappa shape index (κ2) is 8.09. The van der Waals surface area contributed by atoms with Gasteiger partial charge in [-0.25, -0.2) is 0 Å². The van der Waals surface area contributed by atoms with E-state index in [1.807, 2.05) is 31.2 Å². The van der Waals surface area contributed by atoms with Crippen molar-refractivity contribution in [3.63, 3.8) is 0 Å². The third kappa shape index (κ3) is 4.07. The summed E-state index contributed by atoms with van der Waals surface area (Å²) in [6, 6.07) is 14.3. The van der Waals surface area contributed by atoms with Crippen LogP contribution in [0.1, 0.15) is 43.7 Å². The maximum atomic E-state index is 12.0. The van der Waals surface area contributed by atoms with Gasteiger partial charge < -0.3 is 14.9 Å². The first-order chi connectivity index (χ1) is 12.6. The Morgan fingerprint density at radius 3 is 1.81 bits per heavy atom. The number of esters is 1. The number of phenols is 2. The molecule has 0 radical (unpaired) electrons. The molecule has 0 saturated heterocycles. The number of aromatic hydroxyl groups is 2. The lowest BCUT2D eigenvalue weighted by Crippen LogP contribution is -2.21. The van der Waals surface area contributed by atoms with Crippen LogP contribution in [0.3, 0.4) is 0 Å². The van der Waals surface area contributed by atoms with E-state index >= 15 is 0 Å². The molecule has 3 rings (SSSR count). The molecule has 2 aromatic carbocycles. The maximum Gasteiger partial charge on any atom is 0.308 e.